The van der Waals surface area contributed by atoms with E-state index in [0.29, 0.717) is 29.5 Å². The van der Waals surface area contributed by atoms with Crippen LogP contribution in [0.4, 0.5) is 5.69 Å². The van der Waals surface area contributed by atoms with Crippen molar-refractivity contribution in [3.05, 3.63) is 48.5 Å². The fraction of sp³-hybridized carbons (Fsp3) is 0.278. The summed E-state index contributed by atoms with van der Waals surface area (Å²) in [6.45, 7) is 3.11. The van der Waals surface area contributed by atoms with Crippen molar-refractivity contribution in [1.82, 2.24) is 0 Å². The van der Waals surface area contributed by atoms with Gasteiger partial charge in [0.25, 0.3) is 0 Å². The average Bonchev–Trinajstić information content (AvgIpc) is 2.62. The van der Waals surface area contributed by atoms with Gasteiger partial charge in [-0.2, -0.15) is 0 Å². The smallest absolute Gasteiger partial charge is 0.469 e. The van der Waals surface area contributed by atoms with Crippen molar-refractivity contribution in [3.8, 4) is 17.2 Å². The van der Waals surface area contributed by atoms with Gasteiger partial charge < -0.3 is 30.3 Å². The van der Waals surface area contributed by atoms with E-state index in [9.17, 15) is 9.36 Å². The molecule has 0 fully saturated rings. The van der Waals surface area contributed by atoms with E-state index in [1.807, 2.05) is 19.1 Å². The number of rotatable bonds is 9. The van der Waals surface area contributed by atoms with E-state index in [1.54, 1.807) is 36.4 Å². The van der Waals surface area contributed by atoms with Gasteiger partial charge in [-0.15, -0.1) is 0 Å². The van der Waals surface area contributed by atoms with E-state index in [2.05, 4.69) is 9.84 Å². The van der Waals surface area contributed by atoms with Gasteiger partial charge in [0.15, 0.2) is 0 Å². The lowest BCUT2D eigenvalue weighted by molar-refractivity contribution is -0.121. The van der Waals surface area contributed by atoms with Gasteiger partial charge in [0.1, 0.15) is 22.8 Å². The largest absolute Gasteiger partial charge is 0.494 e. The Morgan fingerprint density at radius 3 is 2.39 bits per heavy atom. The normalized spacial score (nSPS) is 13.5. The Morgan fingerprint density at radius 2 is 1.79 bits per heavy atom. The van der Waals surface area contributed by atoms with Crippen LogP contribution in [0.1, 0.15) is 13.8 Å². The fourth-order valence-electron chi connectivity index (χ4n) is 2.09. The molecule has 9 nitrogen and oxygen atoms in total. The third-order valence-corrected chi connectivity index (χ3v) is 3.98. The monoisotopic (exact) mass is 410 g/mol. The second-order valence-electron chi connectivity index (χ2n) is 6.17. The van der Waals surface area contributed by atoms with Crippen molar-refractivity contribution in [2.45, 2.75) is 19.4 Å². The lowest BCUT2D eigenvalue weighted by atomic mass is 10.0. The van der Waals surface area contributed by atoms with Crippen molar-refractivity contribution in [2.24, 2.45) is 5.73 Å². The average molecular weight is 410 g/mol. The molecule has 5 N–H and O–H groups in total. The van der Waals surface area contributed by atoms with Gasteiger partial charge in [0.05, 0.1) is 13.2 Å². The van der Waals surface area contributed by atoms with Gasteiger partial charge in [-0.1, -0.05) is 6.07 Å². The maximum atomic E-state index is 12.2. The number of phosphoric ester groups is 1. The summed E-state index contributed by atoms with van der Waals surface area (Å²) >= 11 is 0. The third-order valence-electron chi connectivity index (χ3n) is 3.52. The van der Waals surface area contributed by atoms with E-state index in [1.165, 1.54) is 6.92 Å². The molecular weight excluding hydrogens is 387 g/mol. The minimum Gasteiger partial charge on any atom is -0.494 e. The molecule has 0 aliphatic rings. The maximum absolute atomic E-state index is 12.2. The topological polar surface area (TPSA) is 140 Å². The van der Waals surface area contributed by atoms with Gasteiger partial charge in [-0.3, -0.25) is 9.32 Å². The predicted molar refractivity (Wildman–Crippen MR) is 103 cm³/mol. The molecule has 2 rings (SSSR count). The Balaban J connectivity index is 1.97. The highest BCUT2D eigenvalue weighted by Gasteiger charge is 2.32. The Hall–Kier alpha value is -2.42. The number of nitrogens with two attached hydrogens (primary N) is 1. The summed E-state index contributed by atoms with van der Waals surface area (Å²) < 4.78 is 26.2. The molecule has 1 amide bonds. The molecule has 2 aromatic rings. The highest BCUT2D eigenvalue weighted by Crippen LogP contribution is 2.36. The molecule has 1 atom stereocenters. The summed E-state index contributed by atoms with van der Waals surface area (Å²) in [6, 6.07) is 13.7. The van der Waals surface area contributed by atoms with Gasteiger partial charge >= 0.3 is 7.82 Å². The first-order valence-corrected chi connectivity index (χ1v) is 9.93. The molecule has 0 aromatic heterocycles. The summed E-state index contributed by atoms with van der Waals surface area (Å²) in [5, 5.41) is 2.56. The summed E-state index contributed by atoms with van der Waals surface area (Å²) in [4.78, 5) is 29.7. The lowest BCUT2D eigenvalue weighted by Crippen LogP contribution is -2.52. The van der Waals surface area contributed by atoms with E-state index in [4.69, 9.17) is 25.0 Å². The molecule has 2 aromatic carbocycles. The molecule has 0 spiro atoms. The van der Waals surface area contributed by atoms with Crippen molar-refractivity contribution in [2.75, 3.05) is 18.5 Å². The van der Waals surface area contributed by atoms with Crippen LogP contribution >= 0.6 is 7.82 Å². The Kier molecular flexibility index (Phi) is 7.17. The van der Waals surface area contributed by atoms with Crippen LogP contribution in [0.5, 0.6) is 17.2 Å². The molecule has 0 aliphatic heterocycles. The zero-order valence-electron chi connectivity index (χ0n) is 15.5. The third kappa shape index (κ3) is 6.95. The van der Waals surface area contributed by atoms with Crippen LogP contribution in [0, 0.1) is 0 Å². The van der Waals surface area contributed by atoms with Crippen LogP contribution < -0.4 is 20.5 Å². The summed E-state index contributed by atoms with van der Waals surface area (Å²) in [7, 11) is -4.72. The number of amides is 1. The first-order chi connectivity index (χ1) is 13.1. The first-order valence-electron chi connectivity index (χ1n) is 8.40. The van der Waals surface area contributed by atoms with Crippen LogP contribution in [-0.4, -0.2) is 34.4 Å². The first kappa shape index (κ1) is 21.9. The highest BCUT2D eigenvalue weighted by molar-refractivity contribution is 7.46. The molecule has 0 heterocycles. The van der Waals surface area contributed by atoms with Crippen LogP contribution in [0.25, 0.3) is 0 Å². The summed E-state index contributed by atoms with van der Waals surface area (Å²) in [5.74, 6) is 1.20. The SMILES string of the molecule is CCOc1cccc(Oc2ccc(NC(=O)[C@@](C)(N)COP(=O)(O)O)cc2)c1. The second-order valence-corrected chi connectivity index (χ2v) is 7.41. The molecule has 28 heavy (non-hydrogen) atoms. The van der Waals surface area contributed by atoms with Crippen LogP contribution in [0.15, 0.2) is 48.5 Å². The summed E-state index contributed by atoms with van der Waals surface area (Å²) in [5.41, 5.74) is 4.58. The van der Waals surface area contributed by atoms with E-state index >= 15 is 0 Å². The standard InChI is InChI=1S/C18H23N2O7P/c1-3-25-15-5-4-6-16(11-15)27-14-9-7-13(8-10-14)20-17(21)18(2,19)12-26-28(22,23)24/h4-11H,3,12,19H2,1-2H3,(H,20,21)(H2,22,23,24)/t18-/m0/s1. The number of nitrogens with one attached hydrogen (secondary N) is 1. The van der Waals surface area contributed by atoms with Crippen LogP contribution in [-0.2, 0) is 13.9 Å². The van der Waals surface area contributed by atoms with Gasteiger partial charge in [-0.05, 0) is 50.2 Å². The number of carbonyl (C=O) groups excluding carboxylic acids is 1. The van der Waals surface area contributed by atoms with Crippen molar-refractivity contribution >= 4 is 19.4 Å². The summed E-state index contributed by atoms with van der Waals surface area (Å²) in [6.07, 6.45) is 0. The fourth-order valence-corrected chi connectivity index (χ4v) is 2.53. The van der Waals surface area contributed by atoms with Crippen molar-refractivity contribution < 1.29 is 33.1 Å². The van der Waals surface area contributed by atoms with Crippen LogP contribution in [0.2, 0.25) is 0 Å². The lowest BCUT2D eigenvalue weighted by Gasteiger charge is -2.23. The molecule has 0 saturated carbocycles. The number of ether oxygens (including phenoxy) is 2. The number of carbonyl (C=O) groups is 1. The van der Waals surface area contributed by atoms with E-state index < -0.39 is 25.9 Å². The zero-order valence-corrected chi connectivity index (χ0v) is 16.4. The minimum absolute atomic E-state index is 0.438. The Labute approximate surface area is 162 Å². The molecular formula is C18H23N2O7P. The van der Waals surface area contributed by atoms with Gasteiger partial charge in [-0.25, -0.2) is 4.57 Å². The molecule has 0 bridgehead atoms. The Bertz CT molecular complexity index is 849. The number of benzene rings is 2. The second kappa shape index (κ2) is 9.18. The molecule has 0 radical (unpaired) electrons. The molecule has 0 aliphatic carbocycles. The van der Waals surface area contributed by atoms with E-state index in [-0.39, 0.29) is 0 Å². The van der Waals surface area contributed by atoms with Crippen molar-refractivity contribution in [3.63, 3.8) is 0 Å². The number of hydrogen-bond donors (Lipinski definition) is 4. The number of phosphoric acid groups is 1. The highest BCUT2D eigenvalue weighted by atomic mass is 31.2. The quantitative estimate of drug-likeness (QED) is 0.463. The Morgan fingerprint density at radius 1 is 1.14 bits per heavy atom. The van der Waals surface area contributed by atoms with Gasteiger partial charge in [0.2, 0.25) is 5.91 Å². The maximum Gasteiger partial charge on any atom is 0.469 e. The van der Waals surface area contributed by atoms with Crippen molar-refractivity contribution in [1.29, 1.82) is 0 Å². The van der Waals surface area contributed by atoms with E-state index in [0.717, 1.165) is 0 Å². The molecule has 0 unspecified atom stereocenters. The molecule has 0 saturated heterocycles. The molecule has 10 heteroatoms. The predicted octanol–water partition coefficient (Wildman–Crippen LogP) is 2.64. The number of anilines is 1. The van der Waals surface area contributed by atoms with Gasteiger partial charge in [0, 0.05) is 11.8 Å². The molecule has 152 valence electrons. The minimum atomic E-state index is -4.72. The zero-order chi connectivity index (χ0) is 20.8. The van der Waals surface area contributed by atoms with Crippen LogP contribution in [0.3, 0.4) is 0 Å². The number of hydrogen-bond acceptors (Lipinski definition) is 6.